The lowest BCUT2D eigenvalue weighted by Crippen LogP contribution is -1.99. The monoisotopic (exact) mass is 237 g/mol. The average Bonchev–Trinajstić information content (AvgIpc) is 2.39. The van der Waals surface area contributed by atoms with Gasteiger partial charge in [0.05, 0.1) is 13.0 Å². The van der Waals surface area contributed by atoms with Gasteiger partial charge in [-0.2, -0.15) is 0 Å². The third kappa shape index (κ3) is 2.74. The number of rotatable bonds is 3. The molecule has 88 valence electrons. The highest BCUT2D eigenvalue weighted by atomic mass is 16.4. The van der Waals surface area contributed by atoms with Gasteiger partial charge in [-0.3, -0.25) is 4.79 Å². The molecule has 0 aromatic heterocycles. The first-order valence-corrected chi connectivity index (χ1v) is 5.47. The molecule has 0 unspecified atom stereocenters. The van der Waals surface area contributed by atoms with Gasteiger partial charge >= 0.3 is 5.97 Å². The van der Waals surface area contributed by atoms with Crippen LogP contribution in [0, 0.1) is 6.57 Å². The van der Waals surface area contributed by atoms with Crippen molar-refractivity contribution in [1.82, 2.24) is 0 Å². The fraction of sp³-hybridized carbons (Fsp3) is 0.0667. The molecule has 0 saturated heterocycles. The zero-order valence-corrected chi connectivity index (χ0v) is 9.63. The summed E-state index contributed by atoms with van der Waals surface area (Å²) in [6.45, 7) is 6.97. The second-order valence-corrected chi connectivity index (χ2v) is 3.93. The number of aliphatic carboxylic acids is 1. The van der Waals surface area contributed by atoms with Crippen LogP contribution < -0.4 is 0 Å². The van der Waals surface area contributed by atoms with Crippen LogP contribution in [0.5, 0.6) is 0 Å². The summed E-state index contributed by atoms with van der Waals surface area (Å²) in [7, 11) is 0. The third-order valence-corrected chi connectivity index (χ3v) is 2.62. The summed E-state index contributed by atoms with van der Waals surface area (Å²) in [6.07, 6.45) is 0.0301. The van der Waals surface area contributed by atoms with Crippen molar-refractivity contribution in [2.45, 2.75) is 6.42 Å². The van der Waals surface area contributed by atoms with Crippen molar-refractivity contribution in [2.75, 3.05) is 0 Å². The molecule has 0 aliphatic rings. The molecule has 0 atom stereocenters. The van der Waals surface area contributed by atoms with E-state index in [4.69, 9.17) is 11.7 Å². The first kappa shape index (κ1) is 11.9. The highest BCUT2D eigenvalue weighted by Crippen LogP contribution is 2.24. The Labute approximate surface area is 105 Å². The molecule has 0 bridgehead atoms. The van der Waals surface area contributed by atoms with E-state index in [0.717, 1.165) is 16.7 Å². The van der Waals surface area contributed by atoms with Gasteiger partial charge in [0.1, 0.15) is 0 Å². The standard InChI is InChI=1S/C15H11NO2/c1-16-14-4-2-3-13(10-14)12-7-5-11(6-8-12)9-15(17)18/h2-8,10H,9H2,(H,17,18). The zero-order chi connectivity index (χ0) is 13.0. The van der Waals surface area contributed by atoms with Gasteiger partial charge < -0.3 is 5.11 Å². The zero-order valence-electron chi connectivity index (χ0n) is 9.63. The molecule has 0 aliphatic heterocycles. The van der Waals surface area contributed by atoms with Crippen molar-refractivity contribution >= 4 is 11.7 Å². The predicted octanol–water partition coefficient (Wildman–Crippen LogP) is 3.53. The van der Waals surface area contributed by atoms with Crippen molar-refractivity contribution in [1.29, 1.82) is 0 Å². The number of benzene rings is 2. The highest BCUT2D eigenvalue weighted by Gasteiger charge is 2.02. The molecule has 3 heteroatoms. The van der Waals surface area contributed by atoms with E-state index in [0.29, 0.717) is 5.69 Å². The quantitative estimate of drug-likeness (QED) is 0.830. The van der Waals surface area contributed by atoms with E-state index in [-0.39, 0.29) is 6.42 Å². The van der Waals surface area contributed by atoms with Crippen molar-refractivity contribution in [3.05, 3.63) is 65.5 Å². The largest absolute Gasteiger partial charge is 0.481 e. The molecule has 2 aromatic rings. The van der Waals surface area contributed by atoms with Crippen LogP contribution in [0.25, 0.3) is 16.0 Å². The maximum Gasteiger partial charge on any atom is 0.307 e. The number of hydrogen-bond donors (Lipinski definition) is 1. The lowest BCUT2D eigenvalue weighted by atomic mass is 10.0. The van der Waals surface area contributed by atoms with Crippen LogP contribution in [0.4, 0.5) is 5.69 Å². The fourth-order valence-corrected chi connectivity index (χ4v) is 1.74. The average molecular weight is 237 g/mol. The number of carbonyl (C=O) groups is 1. The van der Waals surface area contributed by atoms with Gasteiger partial charge in [0.15, 0.2) is 5.69 Å². The van der Waals surface area contributed by atoms with Crippen LogP contribution in [-0.4, -0.2) is 11.1 Å². The van der Waals surface area contributed by atoms with E-state index in [1.807, 2.05) is 30.3 Å². The van der Waals surface area contributed by atoms with Crippen LogP contribution >= 0.6 is 0 Å². The molecular formula is C15H11NO2. The molecule has 0 amide bonds. The maximum atomic E-state index is 10.6. The van der Waals surface area contributed by atoms with Crippen LogP contribution in [-0.2, 0) is 11.2 Å². The minimum atomic E-state index is -0.835. The van der Waals surface area contributed by atoms with E-state index >= 15 is 0 Å². The van der Waals surface area contributed by atoms with Crippen molar-refractivity contribution < 1.29 is 9.90 Å². The molecule has 0 radical (unpaired) electrons. The Morgan fingerprint density at radius 2 is 1.83 bits per heavy atom. The molecule has 3 nitrogen and oxygen atoms in total. The summed E-state index contributed by atoms with van der Waals surface area (Å²) in [4.78, 5) is 14.0. The maximum absolute atomic E-state index is 10.6. The van der Waals surface area contributed by atoms with Gasteiger partial charge in [-0.15, -0.1) is 0 Å². The van der Waals surface area contributed by atoms with E-state index in [2.05, 4.69) is 4.85 Å². The van der Waals surface area contributed by atoms with Crippen molar-refractivity contribution in [3.63, 3.8) is 0 Å². The smallest absolute Gasteiger partial charge is 0.307 e. The Bertz CT molecular complexity index is 609. The Kier molecular flexibility index (Phi) is 3.40. The Hall–Kier alpha value is -2.60. The first-order chi connectivity index (χ1) is 8.69. The molecule has 0 heterocycles. The normalized spacial score (nSPS) is 9.72. The summed E-state index contributed by atoms with van der Waals surface area (Å²) >= 11 is 0. The predicted molar refractivity (Wildman–Crippen MR) is 69.5 cm³/mol. The molecule has 2 rings (SSSR count). The molecule has 0 saturated carbocycles. The summed E-state index contributed by atoms with van der Waals surface area (Å²) in [5, 5.41) is 8.69. The van der Waals surface area contributed by atoms with E-state index < -0.39 is 5.97 Å². The second kappa shape index (κ2) is 5.15. The molecule has 2 aromatic carbocycles. The van der Waals surface area contributed by atoms with Gasteiger partial charge in [-0.05, 0) is 22.8 Å². The molecule has 18 heavy (non-hydrogen) atoms. The lowest BCUT2D eigenvalue weighted by molar-refractivity contribution is -0.136. The van der Waals surface area contributed by atoms with E-state index in [9.17, 15) is 4.79 Å². The molecular weight excluding hydrogens is 226 g/mol. The van der Waals surface area contributed by atoms with Crippen LogP contribution in [0.1, 0.15) is 5.56 Å². The van der Waals surface area contributed by atoms with E-state index in [1.165, 1.54) is 0 Å². The van der Waals surface area contributed by atoms with Crippen LogP contribution in [0.15, 0.2) is 48.5 Å². The number of carboxylic acid groups (broad SMARTS) is 1. The Balaban J connectivity index is 2.29. The summed E-state index contributed by atoms with van der Waals surface area (Å²) in [5.74, 6) is -0.835. The number of nitrogens with zero attached hydrogens (tertiary/aromatic N) is 1. The number of hydrogen-bond acceptors (Lipinski definition) is 1. The minimum absolute atomic E-state index is 0.0301. The highest BCUT2D eigenvalue weighted by molar-refractivity contribution is 5.72. The number of carboxylic acids is 1. The Morgan fingerprint density at radius 3 is 2.44 bits per heavy atom. The lowest BCUT2D eigenvalue weighted by Gasteiger charge is -2.03. The van der Waals surface area contributed by atoms with Gasteiger partial charge in [0.2, 0.25) is 0 Å². The summed E-state index contributed by atoms with van der Waals surface area (Å²) < 4.78 is 0. The summed E-state index contributed by atoms with van der Waals surface area (Å²) in [6, 6.07) is 14.7. The van der Waals surface area contributed by atoms with E-state index in [1.54, 1.807) is 18.2 Å². The molecule has 0 spiro atoms. The van der Waals surface area contributed by atoms with Crippen molar-refractivity contribution in [2.24, 2.45) is 0 Å². The first-order valence-electron chi connectivity index (χ1n) is 5.47. The Morgan fingerprint density at radius 1 is 1.11 bits per heavy atom. The van der Waals surface area contributed by atoms with Crippen LogP contribution in [0.3, 0.4) is 0 Å². The summed E-state index contributed by atoms with van der Waals surface area (Å²) in [5.41, 5.74) is 3.31. The SMILES string of the molecule is [C-]#[N+]c1cccc(-c2ccc(CC(=O)O)cc2)c1. The molecule has 0 fully saturated rings. The molecule has 0 aliphatic carbocycles. The van der Waals surface area contributed by atoms with Crippen LogP contribution in [0.2, 0.25) is 0 Å². The van der Waals surface area contributed by atoms with Crippen molar-refractivity contribution in [3.8, 4) is 11.1 Å². The minimum Gasteiger partial charge on any atom is -0.481 e. The fourth-order valence-electron chi connectivity index (χ4n) is 1.74. The van der Waals surface area contributed by atoms with Gasteiger partial charge in [-0.1, -0.05) is 42.5 Å². The molecule has 1 N–H and O–H groups in total. The van der Waals surface area contributed by atoms with Gasteiger partial charge in [0.25, 0.3) is 0 Å². The van der Waals surface area contributed by atoms with Gasteiger partial charge in [0, 0.05) is 0 Å². The third-order valence-electron chi connectivity index (χ3n) is 2.62. The topological polar surface area (TPSA) is 41.7 Å². The van der Waals surface area contributed by atoms with Gasteiger partial charge in [-0.25, -0.2) is 4.85 Å². The second-order valence-electron chi connectivity index (χ2n) is 3.93.